The minimum Gasteiger partial charge on any atom is -0.338 e. The Labute approximate surface area is 181 Å². The van der Waals surface area contributed by atoms with Gasteiger partial charge >= 0.3 is 0 Å². The highest BCUT2D eigenvalue weighted by molar-refractivity contribution is 6.59. The van der Waals surface area contributed by atoms with Crippen LogP contribution in [0.2, 0.25) is 5.54 Å². The molecule has 2 aromatic carbocycles. The Kier molecular flexibility index (Phi) is 4.71. The molecule has 0 radical (unpaired) electrons. The van der Waals surface area contributed by atoms with Gasteiger partial charge in [-0.1, -0.05) is 61.5 Å². The van der Waals surface area contributed by atoms with E-state index in [1.54, 1.807) is 6.20 Å². The predicted octanol–water partition coefficient (Wildman–Crippen LogP) is 4.53. The van der Waals surface area contributed by atoms with Crippen LogP contribution in [0.4, 0.5) is 11.4 Å². The fraction of sp³-hybridized carbons (Fsp3) is 0.308. The van der Waals surface area contributed by atoms with E-state index in [0.717, 1.165) is 6.42 Å². The first-order valence-corrected chi connectivity index (χ1v) is 12.4. The summed E-state index contributed by atoms with van der Waals surface area (Å²) in [5.41, 5.74) is 4.64. The third kappa shape index (κ3) is 2.97. The molecule has 0 fully saturated rings. The average molecular weight is 410 g/mol. The number of fused-ring (bicyclic) bond motifs is 2. The van der Waals surface area contributed by atoms with Crippen molar-refractivity contribution in [1.82, 2.24) is 0 Å². The number of para-hydroxylation sites is 2. The van der Waals surface area contributed by atoms with Gasteiger partial charge in [0.1, 0.15) is 11.8 Å². The number of hydrogen-bond acceptors (Lipinski definition) is 3. The Hall–Kier alpha value is -2.90. The molecule has 0 saturated carbocycles. The van der Waals surface area contributed by atoms with E-state index in [1.165, 1.54) is 28.5 Å². The topological polar surface area (TPSA) is 39.4 Å². The van der Waals surface area contributed by atoms with Crippen molar-refractivity contribution in [3.63, 3.8) is 0 Å². The van der Waals surface area contributed by atoms with Gasteiger partial charge in [-0.05, 0) is 54.1 Å². The van der Waals surface area contributed by atoms with Gasteiger partial charge in [0.2, 0.25) is 0 Å². The fourth-order valence-corrected chi connectivity index (χ4v) is 7.70. The van der Waals surface area contributed by atoms with Gasteiger partial charge in [0.15, 0.2) is 0 Å². The smallest absolute Gasteiger partial charge is 0.128 e. The average Bonchev–Trinajstić information content (AvgIpc) is 2.78. The predicted molar refractivity (Wildman–Crippen MR) is 128 cm³/mol. The molecule has 0 amide bonds. The standard InChI is InChI=1S/C26H27N3Si/c1-18-12-13-24-22(16-18)29(21-10-5-6-11-23(21)30-24)20-9-4-3-8-19(20)26(2)14-7-15-28-25(26)17-27/h3-13,15,18,22,24H,14,16,30H2,1-2H3. The van der Waals surface area contributed by atoms with Crippen LogP contribution in [0.15, 0.2) is 78.0 Å². The summed E-state index contributed by atoms with van der Waals surface area (Å²) in [7, 11) is -0.376. The largest absolute Gasteiger partial charge is 0.338 e. The zero-order valence-corrected chi connectivity index (χ0v) is 19.0. The first kappa shape index (κ1) is 19.1. The SMILES string of the molecule is CC1C=CC2[SiH2]c3ccccc3N(c3ccccc3C3(C)CC=CN=C3C#N)C2C1. The lowest BCUT2D eigenvalue weighted by atomic mass is 9.73. The Morgan fingerprint density at radius 1 is 1.10 bits per heavy atom. The van der Waals surface area contributed by atoms with Gasteiger partial charge in [-0.15, -0.1) is 0 Å². The van der Waals surface area contributed by atoms with Crippen LogP contribution >= 0.6 is 0 Å². The molecule has 4 unspecified atom stereocenters. The van der Waals surface area contributed by atoms with Crippen LogP contribution in [-0.2, 0) is 5.41 Å². The van der Waals surface area contributed by atoms with E-state index in [4.69, 9.17) is 0 Å². The minimum atomic E-state index is -0.407. The highest BCUT2D eigenvalue weighted by Crippen LogP contribution is 2.46. The summed E-state index contributed by atoms with van der Waals surface area (Å²) < 4.78 is 0. The number of allylic oxidation sites excluding steroid dienone is 2. The minimum absolute atomic E-state index is 0.376. The van der Waals surface area contributed by atoms with Crippen molar-refractivity contribution < 1.29 is 0 Å². The molecule has 1 aliphatic carbocycles. The molecule has 4 heteroatoms. The lowest BCUT2D eigenvalue weighted by Gasteiger charge is -2.47. The molecule has 0 saturated heterocycles. The van der Waals surface area contributed by atoms with Gasteiger partial charge in [0, 0.05) is 23.6 Å². The van der Waals surface area contributed by atoms with Crippen LogP contribution in [0.3, 0.4) is 0 Å². The summed E-state index contributed by atoms with van der Waals surface area (Å²) in [5, 5.41) is 11.4. The second-order valence-corrected chi connectivity index (χ2v) is 11.2. The molecular formula is C26H27N3Si. The van der Waals surface area contributed by atoms with E-state index in [2.05, 4.69) is 96.6 Å². The molecule has 2 aromatic rings. The van der Waals surface area contributed by atoms with E-state index in [-0.39, 0.29) is 9.52 Å². The number of nitriles is 1. The maximum Gasteiger partial charge on any atom is 0.128 e. The first-order chi connectivity index (χ1) is 14.6. The zero-order valence-electron chi connectivity index (χ0n) is 17.6. The van der Waals surface area contributed by atoms with E-state index in [1.807, 2.05) is 0 Å². The first-order valence-electron chi connectivity index (χ1n) is 10.9. The Morgan fingerprint density at radius 3 is 2.70 bits per heavy atom. The summed E-state index contributed by atoms with van der Waals surface area (Å²) in [6, 6.07) is 20.5. The number of rotatable bonds is 2. The highest BCUT2D eigenvalue weighted by Gasteiger charge is 2.41. The van der Waals surface area contributed by atoms with Gasteiger partial charge in [-0.3, -0.25) is 0 Å². The van der Waals surface area contributed by atoms with Crippen molar-refractivity contribution in [3.05, 3.63) is 78.5 Å². The molecular weight excluding hydrogens is 382 g/mol. The van der Waals surface area contributed by atoms with E-state index >= 15 is 0 Å². The maximum absolute atomic E-state index is 9.84. The quantitative estimate of drug-likeness (QED) is 0.540. The molecule has 0 bridgehead atoms. The van der Waals surface area contributed by atoms with Crippen molar-refractivity contribution in [2.24, 2.45) is 10.9 Å². The van der Waals surface area contributed by atoms with E-state index in [0.29, 0.717) is 23.2 Å². The second-order valence-electron chi connectivity index (χ2n) is 9.06. The number of hydrogen-bond donors (Lipinski definition) is 0. The van der Waals surface area contributed by atoms with Crippen molar-refractivity contribution in [2.45, 2.75) is 43.7 Å². The Bertz CT molecular complexity index is 1110. The lowest BCUT2D eigenvalue weighted by molar-refractivity contribution is 0.496. The van der Waals surface area contributed by atoms with Crippen LogP contribution in [-0.4, -0.2) is 21.3 Å². The van der Waals surface area contributed by atoms with Gasteiger partial charge in [0.25, 0.3) is 0 Å². The van der Waals surface area contributed by atoms with Crippen molar-refractivity contribution in [2.75, 3.05) is 4.90 Å². The van der Waals surface area contributed by atoms with Crippen molar-refractivity contribution in [3.8, 4) is 6.07 Å². The molecule has 2 heterocycles. The number of benzene rings is 2. The van der Waals surface area contributed by atoms with Gasteiger partial charge in [-0.25, -0.2) is 4.99 Å². The number of nitrogens with zero attached hydrogens (tertiary/aromatic N) is 3. The van der Waals surface area contributed by atoms with E-state index < -0.39 is 5.41 Å². The molecule has 150 valence electrons. The normalized spacial score (nSPS) is 30.4. The molecule has 4 atom stereocenters. The summed E-state index contributed by atoms with van der Waals surface area (Å²) >= 11 is 0. The van der Waals surface area contributed by atoms with Crippen LogP contribution in [0.1, 0.15) is 32.3 Å². The highest BCUT2D eigenvalue weighted by atomic mass is 28.2. The third-order valence-electron chi connectivity index (χ3n) is 7.05. The molecule has 2 aliphatic heterocycles. The van der Waals surface area contributed by atoms with Crippen molar-refractivity contribution >= 4 is 31.8 Å². The Morgan fingerprint density at radius 2 is 1.87 bits per heavy atom. The van der Waals surface area contributed by atoms with Crippen LogP contribution < -0.4 is 10.1 Å². The van der Waals surface area contributed by atoms with Crippen molar-refractivity contribution in [1.29, 1.82) is 5.26 Å². The summed E-state index contributed by atoms with van der Waals surface area (Å²) in [4.78, 5) is 7.06. The van der Waals surface area contributed by atoms with Gasteiger partial charge in [0.05, 0.1) is 14.9 Å². The molecule has 0 spiro atoms. The third-order valence-corrected chi connectivity index (χ3v) is 9.38. The molecule has 3 aliphatic rings. The van der Waals surface area contributed by atoms with E-state index in [9.17, 15) is 5.26 Å². The van der Waals surface area contributed by atoms with Crippen LogP contribution in [0.25, 0.3) is 0 Å². The molecule has 5 rings (SSSR count). The van der Waals surface area contributed by atoms with Gasteiger partial charge in [-0.2, -0.15) is 5.26 Å². The maximum atomic E-state index is 9.84. The zero-order chi connectivity index (χ0) is 20.7. The fourth-order valence-electron chi connectivity index (χ4n) is 5.45. The summed E-state index contributed by atoms with van der Waals surface area (Å²) in [6.07, 6.45) is 10.7. The summed E-state index contributed by atoms with van der Waals surface area (Å²) in [5.74, 6) is 0.588. The monoisotopic (exact) mass is 409 g/mol. The Balaban J connectivity index is 1.71. The molecule has 30 heavy (non-hydrogen) atoms. The molecule has 0 N–H and O–H groups in total. The number of aliphatic imine (C=N–C) groups is 1. The number of anilines is 2. The summed E-state index contributed by atoms with van der Waals surface area (Å²) in [6.45, 7) is 4.50. The van der Waals surface area contributed by atoms with Gasteiger partial charge < -0.3 is 4.90 Å². The van der Waals surface area contributed by atoms with Crippen LogP contribution in [0.5, 0.6) is 0 Å². The van der Waals surface area contributed by atoms with Crippen LogP contribution in [0, 0.1) is 17.2 Å². The molecule has 3 nitrogen and oxygen atoms in total. The molecule has 0 aromatic heterocycles. The lowest BCUT2D eigenvalue weighted by Crippen LogP contribution is -2.49. The second kappa shape index (κ2) is 7.41.